The summed E-state index contributed by atoms with van der Waals surface area (Å²) in [5.74, 6) is 0.831. The van der Waals surface area contributed by atoms with E-state index in [1.165, 1.54) is 16.4 Å². The van der Waals surface area contributed by atoms with E-state index in [2.05, 4.69) is 49.6 Å². The van der Waals surface area contributed by atoms with Gasteiger partial charge in [0.05, 0.1) is 17.4 Å². The summed E-state index contributed by atoms with van der Waals surface area (Å²) in [6.45, 7) is 1.44. The van der Waals surface area contributed by atoms with Crippen LogP contribution in [-0.4, -0.2) is 22.0 Å². The van der Waals surface area contributed by atoms with Gasteiger partial charge in [-0.15, -0.1) is 0 Å². The first kappa shape index (κ1) is 12.9. The van der Waals surface area contributed by atoms with Crippen molar-refractivity contribution in [2.24, 2.45) is 5.92 Å². The Hall–Kier alpha value is -1.11. The number of nitrogens with zero attached hydrogens (tertiary/aromatic N) is 2. The van der Waals surface area contributed by atoms with Gasteiger partial charge in [0, 0.05) is 23.1 Å². The van der Waals surface area contributed by atoms with Crippen LogP contribution in [0.2, 0.25) is 0 Å². The van der Waals surface area contributed by atoms with Crippen molar-refractivity contribution in [3.05, 3.63) is 28.1 Å². The lowest BCUT2D eigenvalue weighted by molar-refractivity contribution is -0.121. The van der Waals surface area contributed by atoms with Crippen molar-refractivity contribution >= 4 is 39.5 Å². The molecule has 19 heavy (non-hydrogen) atoms. The minimum atomic E-state index is 0.182. The number of hydrogen-bond donors (Lipinski definition) is 1. The van der Waals surface area contributed by atoms with Crippen LogP contribution in [0.1, 0.15) is 19.3 Å². The number of carbonyl (C=O) groups excluding carboxylic acids is 1. The van der Waals surface area contributed by atoms with E-state index in [0.717, 1.165) is 17.6 Å². The standard InChI is InChI=1S/C14H16IN3O/c15-11-3-4-12-13(8-11)18(9-17-12)6-5-16-14(19)7-10-1-2-10/h3-4,8-10H,1-2,5-7H2,(H,16,19). The highest BCUT2D eigenvalue weighted by Gasteiger charge is 2.23. The molecule has 1 aliphatic rings. The van der Waals surface area contributed by atoms with Crippen molar-refractivity contribution in [1.82, 2.24) is 14.9 Å². The van der Waals surface area contributed by atoms with Gasteiger partial charge in [0.2, 0.25) is 5.91 Å². The molecule has 1 amide bonds. The molecular formula is C14H16IN3O. The van der Waals surface area contributed by atoms with Crippen molar-refractivity contribution < 1.29 is 4.79 Å². The van der Waals surface area contributed by atoms with Crippen LogP contribution in [0.4, 0.5) is 0 Å². The number of nitrogens with one attached hydrogen (secondary N) is 1. The second kappa shape index (κ2) is 5.48. The zero-order chi connectivity index (χ0) is 13.2. The minimum absolute atomic E-state index is 0.182. The summed E-state index contributed by atoms with van der Waals surface area (Å²) in [6.07, 6.45) is 4.98. The van der Waals surface area contributed by atoms with Crippen LogP contribution in [0.25, 0.3) is 11.0 Å². The maximum absolute atomic E-state index is 11.6. The van der Waals surface area contributed by atoms with Crippen LogP contribution in [0.15, 0.2) is 24.5 Å². The molecule has 0 radical (unpaired) electrons. The van der Waals surface area contributed by atoms with Crippen molar-refractivity contribution in [1.29, 1.82) is 0 Å². The first-order valence-electron chi connectivity index (χ1n) is 6.59. The summed E-state index contributed by atoms with van der Waals surface area (Å²) in [5.41, 5.74) is 2.13. The smallest absolute Gasteiger partial charge is 0.220 e. The summed E-state index contributed by atoms with van der Waals surface area (Å²) >= 11 is 2.30. The quantitative estimate of drug-likeness (QED) is 0.824. The molecule has 1 aromatic heterocycles. The molecule has 1 fully saturated rings. The average Bonchev–Trinajstić information content (AvgIpc) is 3.10. The number of halogens is 1. The maximum atomic E-state index is 11.6. The Labute approximate surface area is 125 Å². The monoisotopic (exact) mass is 369 g/mol. The third-order valence-electron chi connectivity index (χ3n) is 3.43. The van der Waals surface area contributed by atoms with Gasteiger partial charge < -0.3 is 9.88 Å². The summed E-state index contributed by atoms with van der Waals surface area (Å²) < 4.78 is 3.29. The number of hydrogen-bond acceptors (Lipinski definition) is 2. The number of rotatable bonds is 5. The van der Waals surface area contributed by atoms with Gasteiger partial charge in [0.15, 0.2) is 0 Å². The van der Waals surface area contributed by atoms with E-state index in [4.69, 9.17) is 0 Å². The molecule has 3 rings (SSSR count). The fourth-order valence-electron chi connectivity index (χ4n) is 2.18. The zero-order valence-electron chi connectivity index (χ0n) is 10.6. The third-order valence-corrected chi connectivity index (χ3v) is 4.10. The Morgan fingerprint density at radius 3 is 3.11 bits per heavy atom. The number of aromatic nitrogens is 2. The van der Waals surface area contributed by atoms with Gasteiger partial charge in [0.25, 0.3) is 0 Å². The minimum Gasteiger partial charge on any atom is -0.354 e. The highest BCUT2D eigenvalue weighted by atomic mass is 127. The SMILES string of the molecule is O=C(CC1CC1)NCCn1cnc2ccc(I)cc21. The van der Waals surface area contributed by atoms with E-state index in [1.54, 1.807) is 0 Å². The molecule has 1 saturated carbocycles. The van der Waals surface area contributed by atoms with Gasteiger partial charge in [-0.2, -0.15) is 0 Å². The Morgan fingerprint density at radius 1 is 1.47 bits per heavy atom. The number of benzene rings is 1. The molecular weight excluding hydrogens is 353 g/mol. The Kier molecular flexibility index (Phi) is 3.72. The lowest BCUT2D eigenvalue weighted by Gasteiger charge is -2.06. The molecule has 2 aromatic rings. The van der Waals surface area contributed by atoms with E-state index in [0.29, 0.717) is 18.9 Å². The maximum Gasteiger partial charge on any atom is 0.220 e. The van der Waals surface area contributed by atoms with Crippen molar-refractivity contribution in [3.63, 3.8) is 0 Å². The fraction of sp³-hybridized carbons (Fsp3) is 0.429. The number of fused-ring (bicyclic) bond motifs is 1. The van der Waals surface area contributed by atoms with Crippen molar-refractivity contribution in [2.45, 2.75) is 25.8 Å². The van der Waals surface area contributed by atoms with Crippen LogP contribution < -0.4 is 5.32 Å². The van der Waals surface area contributed by atoms with Gasteiger partial charge in [-0.25, -0.2) is 4.98 Å². The zero-order valence-corrected chi connectivity index (χ0v) is 12.8. The summed E-state index contributed by atoms with van der Waals surface area (Å²) in [4.78, 5) is 16.0. The molecule has 5 heteroatoms. The molecule has 0 aliphatic heterocycles. The van der Waals surface area contributed by atoms with E-state index in [-0.39, 0.29) is 5.91 Å². The number of amides is 1. The lowest BCUT2D eigenvalue weighted by atomic mass is 10.3. The Morgan fingerprint density at radius 2 is 2.32 bits per heavy atom. The highest BCUT2D eigenvalue weighted by molar-refractivity contribution is 14.1. The molecule has 1 heterocycles. The predicted octanol–water partition coefficient (Wildman–Crippen LogP) is 2.56. The van der Waals surface area contributed by atoms with Crippen LogP contribution in [-0.2, 0) is 11.3 Å². The normalized spacial score (nSPS) is 14.8. The molecule has 4 nitrogen and oxygen atoms in total. The van der Waals surface area contributed by atoms with Gasteiger partial charge in [0.1, 0.15) is 0 Å². The van der Waals surface area contributed by atoms with E-state index in [1.807, 2.05) is 12.4 Å². The van der Waals surface area contributed by atoms with Gasteiger partial charge in [-0.1, -0.05) is 0 Å². The van der Waals surface area contributed by atoms with E-state index >= 15 is 0 Å². The fourth-order valence-corrected chi connectivity index (χ4v) is 2.65. The van der Waals surface area contributed by atoms with Crippen molar-refractivity contribution in [2.75, 3.05) is 6.54 Å². The van der Waals surface area contributed by atoms with Crippen molar-refractivity contribution in [3.8, 4) is 0 Å². The number of carbonyl (C=O) groups is 1. The predicted molar refractivity (Wildman–Crippen MR) is 82.8 cm³/mol. The third kappa shape index (κ3) is 3.26. The second-order valence-electron chi connectivity index (χ2n) is 5.07. The van der Waals surface area contributed by atoms with E-state index in [9.17, 15) is 4.79 Å². The Bertz CT molecular complexity index is 604. The van der Waals surface area contributed by atoms with Crippen LogP contribution >= 0.6 is 22.6 Å². The summed E-state index contributed by atoms with van der Waals surface area (Å²) in [5, 5.41) is 2.98. The molecule has 0 saturated heterocycles. The largest absolute Gasteiger partial charge is 0.354 e. The van der Waals surface area contributed by atoms with Gasteiger partial charge in [-0.3, -0.25) is 4.79 Å². The molecule has 1 N–H and O–H groups in total. The highest BCUT2D eigenvalue weighted by Crippen LogP contribution is 2.32. The molecule has 0 unspecified atom stereocenters. The molecule has 0 bridgehead atoms. The first-order valence-corrected chi connectivity index (χ1v) is 7.67. The second-order valence-corrected chi connectivity index (χ2v) is 6.31. The number of imidazole rings is 1. The molecule has 100 valence electrons. The lowest BCUT2D eigenvalue weighted by Crippen LogP contribution is -2.27. The van der Waals surface area contributed by atoms with Crippen LogP contribution in [0.3, 0.4) is 0 Å². The summed E-state index contributed by atoms with van der Waals surface area (Å²) in [6, 6.07) is 6.20. The van der Waals surface area contributed by atoms with Gasteiger partial charge in [-0.05, 0) is 59.5 Å². The molecule has 1 aromatic carbocycles. The Balaban J connectivity index is 1.58. The van der Waals surface area contributed by atoms with Crippen LogP contribution in [0, 0.1) is 9.49 Å². The summed E-state index contributed by atoms with van der Waals surface area (Å²) in [7, 11) is 0. The van der Waals surface area contributed by atoms with Gasteiger partial charge >= 0.3 is 0 Å². The molecule has 0 spiro atoms. The first-order chi connectivity index (χ1) is 9.22. The average molecular weight is 369 g/mol. The molecule has 1 aliphatic carbocycles. The topological polar surface area (TPSA) is 46.9 Å². The molecule has 0 atom stereocenters. The van der Waals surface area contributed by atoms with E-state index < -0.39 is 0 Å². The van der Waals surface area contributed by atoms with Crippen LogP contribution in [0.5, 0.6) is 0 Å².